The van der Waals surface area contributed by atoms with Gasteiger partial charge in [0.1, 0.15) is 11.5 Å². The number of anilines is 1. The first kappa shape index (κ1) is 18.8. The smallest absolute Gasteiger partial charge is 0.272 e. The summed E-state index contributed by atoms with van der Waals surface area (Å²) in [6.07, 6.45) is 2.43. The predicted octanol–water partition coefficient (Wildman–Crippen LogP) is 3.88. The van der Waals surface area contributed by atoms with Crippen molar-refractivity contribution in [3.8, 4) is 11.1 Å². The number of aliphatic hydroxyl groups excluding tert-OH is 1. The largest absolute Gasteiger partial charge is 0.394 e. The molecule has 1 saturated heterocycles. The summed E-state index contributed by atoms with van der Waals surface area (Å²) in [5.41, 5.74) is 4.25. The Morgan fingerprint density at radius 3 is 2.67 bits per heavy atom. The summed E-state index contributed by atoms with van der Waals surface area (Å²) in [7, 11) is 0. The second-order valence-electron chi connectivity index (χ2n) is 7.85. The van der Waals surface area contributed by atoms with Gasteiger partial charge in [-0.15, -0.1) is 0 Å². The molecule has 2 aromatic carbocycles. The standard InChI is InChI=1S/C24H22FN3O2/c25-17-7-4-15(5-8-17)16-6-9-20-19(13-16)23-18(22(14-29)27-20)10-12-28(23)24(30)21-3-1-2-11-26-21/h1-9,11,13,18,22-23,27,29H,10,12,14H2/t18-,22-,23-/m1/s1. The van der Waals surface area contributed by atoms with E-state index >= 15 is 0 Å². The van der Waals surface area contributed by atoms with Crippen LogP contribution in [-0.2, 0) is 0 Å². The van der Waals surface area contributed by atoms with Crippen molar-refractivity contribution in [2.45, 2.75) is 18.5 Å². The van der Waals surface area contributed by atoms with Crippen molar-refractivity contribution >= 4 is 11.6 Å². The SMILES string of the molecule is O=C(c1ccccn1)N1CC[C@@H]2[C@@H](CO)Nc3ccc(-c4ccc(F)cc4)cc3[C@@H]21. The summed E-state index contributed by atoms with van der Waals surface area (Å²) >= 11 is 0. The fraction of sp³-hybridized carbons (Fsp3) is 0.250. The zero-order valence-electron chi connectivity index (χ0n) is 16.3. The van der Waals surface area contributed by atoms with Gasteiger partial charge in [-0.2, -0.15) is 0 Å². The number of hydrogen-bond acceptors (Lipinski definition) is 4. The van der Waals surface area contributed by atoms with Crippen molar-refractivity contribution in [2.75, 3.05) is 18.5 Å². The molecule has 3 atom stereocenters. The normalized spacial score (nSPS) is 22.2. The number of hydrogen-bond donors (Lipinski definition) is 2. The summed E-state index contributed by atoms with van der Waals surface area (Å²) in [5.74, 6) is -0.259. The van der Waals surface area contributed by atoms with Crippen LogP contribution in [0.4, 0.5) is 10.1 Å². The van der Waals surface area contributed by atoms with Crippen molar-refractivity contribution in [3.05, 3.63) is 83.9 Å². The molecule has 3 aromatic rings. The zero-order valence-corrected chi connectivity index (χ0v) is 16.3. The highest BCUT2D eigenvalue weighted by Gasteiger charge is 2.46. The van der Waals surface area contributed by atoms with E-state index in [0.29, 0.717) is 12.2 Å². The number of aliphatic hydroxyl groups is 1. The van der Waals surface area contributed by atoms with E-state index in [1.807, 2.05) is 23.1 Å². The Hall–Kier alpha value is -3.25. The Balaban J connectivity index is 1.57. The summed E-state index contributed by atoms with van der Waals surface area (Å²) in [5, 5.41) is 13.4. The van der Waals surface area contributed by atoms with Crippen molar-refractivity contribution in [1.82, 2.24) is 9.88 Å². The third-order valence-corrected chi connectivity index (χ3v) is 6.19. The maximum atomic E-state index is 13.4. The molecule has 5 rings (SSSR count). The average molecular weight is 403 g/mol. The highest BCUT2D eigenvalue weighted by Crippen LogP contribution is 2.47. The molecule has 2 N–H and O–H groups in total. The van der Waals surface area contributed by atoms with Crippen LogP contribution in [0.15, 0.2) is 66.9 Å². The number of likely N-dealkylation sites (tertiary alicyclic amines) is 1. The van der Waals surface area contributed by atoms with Gasteiger partial charge in [0.05, 0.1) is 18.7 Å². The van der Waals surface area contributed by atoms with E-state index in [1.165, 1.54) is 12.1 Å². The minimum Gasteiger partial charge on any atom is -0.394 e. The molecule has 0 aliphatic carbocycles. The quantitative estimate of drug-likeness (QED) is 0.697. The summed E-state index contributed by atoms with van der Waals surface area (Å²) in [4.78, 5) is 19.4. The summed E-state index contributed by atoms with van der Waals surface area (Å²) < 4.78 is 13.4. The van der Waals surface area contributed by atoms with E-state index in [1.54, 1.807) is 30.5 Å². The second kappa shape index (κ2) is 7.54. The fourth-order valence-corrected chi connectivity index (χ4v) is 4.75. The molecule has 0 bridgehead atoms. The molecule has 30 heavy (non-hydrogen) atoms. The first-order valence-corrected chi connectivity index (χ1v) is 10.1. The Bertz CT molecular complexity index is 1070. The van der Waals surface area contributed by atoms with Crippen LogP contribution in [0, 0.1) is 11.7 Å². The number of pyridine rings is 1. The second-order valence-corrected chi connectivity index (χ2v) is 7.85. The Kier molecular flexibility index (Phi) is 4.71. The van der Waals surface area contributed by atoms with Gasteiger partial charge >= 0.3 is 0 Å². The van der Waals surface area contributed by atoms with Gasteiger partial charge in [0.15, 0.2) is 0 Å². The molecule has 1 aromatic heterocycles. The molecule has 152 valence electrons. The Labute approximate surface area is 174 Å². The van der Waals surface area contributed by atoms with Crippen LogP contribution in [0.3, 0.4) is 0 Å². The van der Waals surface area contributed by atoms with E-state index in [2.05, 4.69) is 16.4 Å². The third kappa shape index (κ3) is 3.13. The minimum absolute atomic E-state index is 0.00589. The molecule has 6 heteroatoms. The number of halogens is 1. The first-order valence-electron chi connectivity index (χ1n) is 10.1. The molecule has 3 heterocycles. The predicted molar refractivity (Wildman–Crippen MR) is 112 cm³/mol. The maximum Gasteiger partial charge on any atom is 0.272 e. The van der Waals surface area contributed by atoms with Crippen molar-refractivity contribution in [3.63, 3.8) is 0 Å². The number of rotatable bonds is 3. The van der Waals surface area contributed by atoms with Gasteiger partial charge in [0.25, 0.3) is 5.91 Å². The Morgan fingerprint density at radius 2 is 1.93 bits per heavy atom. The van der Waals surface area contributed by atoms with Crippen molar-refractivity contribution in [2.24, 2.45) is 5.92 Å². The number of nitrogens with one attached hydrogen (secondary N) is 1. The lowest BCUT2D eigenvalue weighted by molar-refractivity contribution is 0.0695. The van der Waals surface area contributed by atoms with E-state index in [0.717, 1.165) is 28.8 Å². The van der Waals surface area contributed by atoms with E-state index in [9.17, 15) is 14.3 Å². The lowest BCUT2D eigenvalue weighted by Crippen LogP contribution is -2.43. The molecule has 0 saturated carbocycles. The number of aromatic nitrogens is 1. The zero-order chi connectivity index (χ0) is 20.7. The van der Waals surface area contributed by atoms with Crippen molar-refractivity contribution in [1.29, 1.82) is 0 Å². The highest BCUT2D eigenvalue weighted by atomic mass is 19.1. The van der Waals surface area contributed by atoms with Crippen LogP contribution in [0.25, 0.3) is 11.1 Å². The molecular formula is C24H22FN3O2. The number of fused-ring (bicyclic) bond motifs is 3. The first-order chi connectivity index (χ1) is 14.7. The average Bonchev–Trinajstić information content (AvgIpc) is 3.24. The lowest BCUT2D eigenvalue weighted by atomic mass is 9.82. The molecule has 1 amide bonds. The number of nitrogens with zero attached hydrogens (tertiary/aromatic N) is 2. The third-order valence-electron chi connectivity index (χ3n) is 6.19. The van der Waals surface area contributed by atoms with Gasteiger partial charge in [0.2, 0.25) is 0 Å². The molecule has 5 nitrogen and oxygen atoms in total. The van der Waals surface area contributed by atoms with Crippen LogP contribution >= 0.6 is 0 Å². The molecule has 0 unspecified atom stereocenters. The molecular weight excluding hydrogens is 381 g/mol. The number of carbonyl (C=O) groups is 1. The maximum absolute atomic E-state index is 13.4. The summed E-state index contributed by atoms with van der Waals surface area (Å²) in [6, 6.07) is 17.5. The van der Waals surface area contributed by atoms with Gasteiger partial charge in [-0.3, -0.25) is 9.78 Å². The van der Waals surface area contributed by atoms with Gasteiger partial charge in [-0.05, 0) is 59.5 Å². The topological polar surface area (TPSA) is 65.5 Å². The number of benzene rings is 2. The number of carbonyl (C=O) groups excluding carboxylic acids is 1. The van der Waals surface area contributed by atoms with Gasteiger partial charge in [0, 0.05) is 24.3 Å². The van der Waals surface area contributed by atoms with Gasteiger partial charge in [-0.25, -0.2) is 4.39 Å². The summed E-state index contributed by atoms with van der Waals surface area (Å²) in [6.45, 7) is 0.620. The minimum atomic E-state index is -0.271. The van der Waals surface area contributed by atoms with Gasteiger partial charge < -0.3 is 15.3 Å². The molecule has 2 aliphatic heterocycles. The van der Waals surface area contributed by atoms with Crippen LogP contribution in [0.1, 0.15) is 28.5 Å². The lowest BCUT2D eigenvalue weighted by Gasteiger charge is -2.39. The van der Waals surface area contributed by atoms with Crippen LogP contribution in [-0.4, -0.2) is 40.1 Å². The van der Waals surface area contributed by atoms with Crippen molar-refractivity contribution < 1.29 is 14.3 Å². The highest BCUT2D eigenvalue weighted by molar-refractivity contribution is 5.93. The van der Waals surface area contributed by atoms with E-state index < -0.39 is 0 Å². The van der Waals surface area contributed by atoms with Crippen LogP contribution in [0.2, 0.25) is 0 Å². The van der Waals surface area contributed by atoms with Crippen LogP contribution in [0.5, 0.6) is 0 Å². The Morgan fingerprint density at radius 1 is 1.13 bits per heavy atom. The number of amides is 1. The molecule has 1 fully saturated rings. The van der Waals surface area contributed by atoms with Crippen LogP contribution < -0.4 is 5.32 Å². The van der Waals surface area contributed by atoms with E-state index in [4.69, 9.17) is 0 Å². The monoisotopic (exact) mass is 403 g/mol. The molecule has 0 radical (unpaired) electrons. The fourth-order valence-electron chi connectivity index (χ4n) is 4.75. The molecule has 2 aliphatic rings. The van der Waals surface area contributed by atoms with Gasteiger partial charge in [-0.1, -0.05) is 24.3 Å². The van der Waals surface area contributed by atoms with E-state index in [-0.39, 0.29) is 36.3 Å². The molecule has 0 spiro atoms.